The minimum atomic E-state index is -4.75. The van der Waals surface area contributed by atoms with E-state index in [1.165, 1.54) is 12.1 Å². The third kappa shape index (κ3) is 3.49. The number of rotatable bonds is 3. The second-order valence-electron chi connectivity index (χ2n) is 2.65. The smallest absolute Gasteiger partial charge is 0.325 e. The number of benzene rings is 1. The molecule has 0 spiro atoms. The molecule has 0 saturated carbocycles. The van der Waals surface area contributed by atoms with Gasteiger partial charge >= 0.3 is 10.2 Å². The third-order valence-electron chi connectivity index (χ3n) is 1.52. The van der Waals surface area contributed by atoms with Crippen LogP contribution < -0.4 is 5.32 Å². The van der Waals surface area contributed by atoms with E-state index in [-0.39, 0.29) is 11.6 Å². The van der Waals surface area contributed by atoms with Gasteiger partial charge in [0, 0.05) is 5.69 Å². The second-order valence-corrected chi connectivity index (χ2v) is 4.26. The Kier molecular flexibility index (Phi) is 3.65. The van der Waals surface area contributed by atoms with Gasteiger partial charge < -0.3 is 5.32 Å². The van der Waals surface area contributed by atoms with Gasteiger partial charge in [-0.05, 0) is 18.2 Å². The largest absolute Gasteiger partial charge is 0.332 e. The summed E-state index contributed by atoms with van der Waals surface area (Å²) >= 11 is 5.23. The lowest BCUT2D eigenvalue weighted by Gasteiger charge is -2.03. The van der Waals surface area contributed by atoms with Crippen molar-refractivity contribution in [3.05, 3.63) is 24.3 Å². The lowest BCUT2D eigenvalue weighted by atomic mass is 10.3. The first-order valence-corrected chi connectivity index (χ1v) is 5.76. The van der Waals surface area contributed by atoms with Crippen molar-refractivity contribution in [2.24, 2.45) is 0 Å². The molecule has 82 valence electrons. The standard InChI is InChI=1S/C8H7ClFNO3S/c9-5-8(12)11-6-2-1-3-7(4-6)15(10,13)14/h1-4H,5H2,(H,11,12). The zero-order valence-electron chi connectivity index (χ0n) is 7.41. The van der Waals surface area contributed by atoms with Crippen molar-refractivity contribution >= 4 is 33.4 Å². The summed E-state index contributed by atoms with van der Waals surface area (Å²) in [6.45, 7) is 0. The first-order valence-electron chi connectivity index (χ1n) is 3.84. The fourth-order valence-corrected chi connectivity index (χ4v) is 1.50. The quantitative estimate of drug-likeness (QED) is 0.654. The summed E-state index contributed by atoms with van der Waals surface area (Å²) in [5, 5.41) is 2.30. The van der Waals surface area contributed by atoms with Crippen molar-refractivity contribution < 1.29 is 17.1 Å². The fourth-order valence-electron chi connectivity index (χ4n) is 0.920. The van der Waals surface area contributed by atoms with Crippen molar-refractivity contribution in [1.82, 2.24) is 0 Å². The van der Waals surface area contributed by atoms with Gasteiger partial charge in [-0.2, -0.15) is 8.42 Å². The third-order valence-corrected chi connectivity index (χ3v) is 2.58. The molecule has 0 saturated heterocycles. The van der Waals surface area contributed by atoms with Gasteiger partial charge in [0.15, 0.2) is 0 Å². The van der Waals surface area contributed by atoms with Crippen LogP contribution in [0.3, 0.4) is 0 Å². The zero-order valence-corrected chi connectivity index (χ0v) is 8.98. The van der Waals surface area contributed by atoms with Crippen molar-refractivity contribution in [1.29, 1.82) is 0 Å². The van der Waals surface area contributed by atoms with Gasteiger partial charge in [-0.3, -0.25) is 4.79 Å². The molecule has 1 amide bonds. The fraction of sp³-hybridized carbons (Fsp3) is 0.125. The Bertz CT molecular complexity index is 475. The summed E-state index contributed by atoms with van der Waals surface area (Å²) in [5.41, 5.74) is 0.180. The van der Waals surface area contributed by atoms with E-state index in [0.29, 0.717) is 0 Å². The van der Waals surface area contributed by atoms with Crippen LogP contribution in [0.25, 0.3) is 0 Å². The highest BCUT2D eigenvalue weighted by atomic mass is 35.5. The molecule has 15 heavy (non-hydrogen) atoms. The molecule has 7 heteroatoms. The van der Waals surface area contributed by atoms with Crippen LogP contribution in [-0.4, -0.2) is 20.2 Å². The minimum Gasteiger partial charge on any atom is -0.325 e. The molecule has 0 bridgehead atoms. The summed E-state index contributed by atoms with van der Waals surface area (Å²) in [4.78, 5) is 10.4. The van der Waals surface area contributed by atoms with E-state index in [2.05, 4.69) is 5.32 Å². The van der Waals surface area contributed by atoms with Gasteiger partial charge in [0.25, 0.3) is 0 Å². The molecule has 0 aromatic heterocycles. The van der Waals surface area contributed by atoms with E-state index >= 15 is 0 Å². The zero-order chi connectivity index (χ0) is 11.5. The topological polar surface area (TPSA) is 63.2 Å². The summed E-state index contributed by atoms with van der Waals surface area (Å²) in [5.74, 6) is -0.753. The first-order chi connectivity index (χ1) is 6.93. The summed E-state index contributed by atoms with van der Waals surface area (Å²) in [6.07, 6.45) is 0. The molecular weight excluding hydrogens is 245 g/mol. The molecule has 1 N–H and O–H groups in total. The van der Waals surface area contributed by atoms with Crippen LogP contribution >= 0.6 is 11.6 Å². The monoisotopic (exact) mass is 251 g/mol. The molecule has 1 rings (SSSR count). The molecule has 0 atom stereocenters. The Hall–Kier alpha value is -1.14. The molecule has 0 unspecified atom stereocenters. The van der Waals surface area contributed by atoms with Gasteiger partial charge in [0.1, 0.15) is 10.8 Å². The molecular formula is C8H7ClFNO3S. The Labute approximate surface area is 91.3 Å². The van der Waals surface area contributed by atoms with Gasteiger partial charge in [-0.15, -0.1) is 15.5 Å². The Balaban J connectivity index is 2.99. The molecule has 4 nitrogen and oxygen atoms in total. The number of hydrogen-bond acceptors (Lipinski definition) is 3. The normalized spacial score (nSPS) is 11.1. The van der Waals surface area contributed by atoms with Crippen molar-refractivity contribution in [3.63, 3.8) is 0 Å². The maximum atomic E-state index is 12.6. The number of carbonyl (C=O) groups is 1. The van der Waals surface area contributed by atoms with Crippen molar-refractivity contribution in [2.45, 2.75) is 4.90 Å². The lowest BCUT2D eigenvalue weighted by molar-refractivity contribution is -0.113. The van der Waals surface area contributed by atoms with E-state index < -0.39 is 21.0 Å². The predicted molar refractivity (Wildman–Crippen MR) is 54.1 cm³/mol. The van der Waals surface area contributed by atoms with Gasteiger partial charge in [0.2, 0.25) is 5.91 Å². The number of nitrogens with one attached hydrogen (secondary N) is 1. The van der Waals surface area contributed by atoms with Crippen LogP contribution in [0.4, 0.5) is 9.57 Å². The summed E-state index contributed by atoms with van der Waals surface area (Å²) in [7, 11) is -4.75. The Morgan fingerprint density at radius 2 is 2.13 bits per heavy atom. The van der Waals surface area contributed by atoms with E-state index in [9.17, 15) is 17.1 Å². The first kappa shape index (κ1) is 11.9. The maximum Gasteiger partial charge on any atom is 0.332 e. The summed E-state index contributed by atoms with van der Waals surface area (Å²) < 4.78 is 33.6. The van der Waals surface area contributed by atoms with E-state index in [4.69, 9.17) is 11.6 Å². The number of amides is 1. The molecule has 0 aliphatic rings. The van der Waals surface area contributed by atoms with Crippen molar-refractivity contribution in [2.75, 3.05) is 11.2 Å². The molecule has 0 heterocycles. The molecule has 0 aliphatic heterocycles. The molecule has 0 radical (unpaired) electrons. The van der Waals surface area contributed by atoms with Gasteiger partial charge in [-0.1, -0.05) is 6.07 Å². The average Bonchev–Trinajstić information content (AvgIpc) is 2.17. The van der Waals surface area contributed by atoms with Crippen molar-refractivity contribution in [3.8, 4) is 0 Å². The number of halogens is 2. The van der Waals surface area contributed by atoms with E-state index in [0.717, 1.165) is 12.1 Å². The van der Waals surface area contributed by atoms with E-state index in [1.807, 2.05) is 0 Å². The number of alkyl halides is 1. The highest BCUT2D eigenvalue weighted by molar-refractivity contribution is 7.86. The number of hydrogen-bond donors (Lipinski definition) is 1. The lowest BCUT2D eigenvalue weighted by Crippen LogP contribution is -2.12. The minimum absolute atomic E-state index is 0.180. The highest BCUT2D eigenvalue weighted by Gasteiger charge is 2.12. The summed E-state index contributed by atoms with van der Waals surface area (Å²) in [6, 6.07) is 4.85. The number of carbonyl (C=O) groups excluding carboxylic acids is 1. The Morgan fingerprint density at radius 3 is 2.67 bits per heavy atom. The molecule has 0 fully saturated rings. The van der Waals surface area contributed by atoms with Crippen LogP contribution in [0, 0.1) is 0 Å². The predicted octanol–water partition coefficient (Wildman–Crippen LogP) is 1.52. The number of anilines is 1. The maximum absolute atomic E-state index is 12.6. The molecule has 0 aliphatic carbocycles. The van der Waals surface area contributed by atoms with Gasteiger partial charge in [0.05, 0.1) is 0 Å². The van der Waals surface area contributed by atoms with Crippen LogP contribution in [0.15, 0.2) is 29.2 Å². The highest BCUT2D eigenvalue weighted by Crippen LogP contribution is 2.17. The van der Waals surface area contributed by atoms with Crippen LogP contribution in [0.5, 0.6) is 0 Å². The van der Waals surface area contributed by atoms with E-state index in [1.54, 1.807) is 0 Å². The Morgan fingerprint density at radius 1 is 1.47 bits per heavy atom. The second kappa shape index (κ2) is 4.59. The van der Waals surface area contributed by atoms with Gasteiger partial charge in [-0.25, -0.2) is 0 Å². The average molecular weight is 252 g/mol. The molecule has 1 aromatic carbocycles. The molecule has 1 aromatic rings. The van der Waals surface area contributed by atoms with Crippen LogP contribution in [-0.2, 0) is 15.0 Å². The van der Waals surface area contributed by atoms with Crippen LogP contribution in [0.2, 0.25) is 0 Å². The van der Waals surface area contributed by atoms with Crippen LogP contribution in [0.1, 0.15) is 0 Å². The SMILES string of the molecule is O=C(CCl)Nc1cccc(S(=O)(=O)F)c1.